The van der Waals surface area contributed by atoms with Crippen LogP contribution in [0.15, 0.2) is 18.2 Å². The summed E-state index contributed by atoms with van der Waals surface area (Å²) in [5.74, 6) is -0.420. The summed E-state index contributed by atoms with van der Waals surface area (Å²) in [6, 6.07) is 6.24. The quantitative estimate of drug-likeness (QED) is 0.779. The van der Waals surface area contributed by atoms with Crippen molar-refractivity contribution in [3.63, 3.8) is 0 Å². The first-order chi connectivity index (χ1) is 9.96. The Balaban J connectivity index is 2.57. The molecular weight excluding hydrogens is 268 g/mol. The molecule has 0 bridgehead atoms. The number of nitrogens with one attached hydrogen (secondary N) is 1. The summed E-state index contributed by atoms with van der Waals surface area (Å²) < 4.78 is 4.53. The number of amides is 1. The summed E-state index contributed by atoms with van der Waals surface area (Å²) in [7, 11) is 1.34. The SMILES string of the molecule is CCN(CC(=O)NCCC(=O)OC)c1cc(C)cc(C)c1. The molecule has 0 fully saturated rings. The number of hydrogen-bond acceptors (Lipinski definition) is 4. The van der Waals surface area contributed by atoms with Crippen molar-refractivity contribution in [1.82, 2.24) is 5.32 Å². The lowest BCUT2D eigenvalue weighted by atomic mass is 10.1. The maximum Gasteiger partial charge on any atom is 0.307 e. The van der Waals surface area contributed by atoms with Crippen molar-refractivity contribution in [2.45, 2.75) is 27.2 Å². The fraction of sp³-hybridized carbons (Fsp3) is 0.500. The normalized spacial score (nSPS) is 10.1. The second kappa shape index (κ2) is 8.29. The third-order valence-corrected chi connectivity index (χ3v) is 3.17. The van der Waals surface area contributed by atoms with Crippen LogP contribution in [-0.4, -0.2) is 38.6 Å². The molecule has 0 aliphatic heterocycles. The van der Waals surface area contributed by atoms with Gasteiger partial charge in [-0.05, 0) is 44.0 Å². The fourth-order valence-electron chi connectivity index (χ4n) is 2.15. The number of nitrogens with zero attached hydrogens (tertiary/aromatic N) is 1. The molecule has 0 aliphatic rings. The Morgan fingerprint density at radius 3 is 2.33 bits per heavy atom. The van der Waals surface area contributed by atoms with Gasteiger partial charge in [-0.2, -0.15) is 0 Å². The highest BCUT2D eigenvalue weighted by Gasteiger charge is 2.11. The standard InChI is InChI=1S/C16H24N2O3/c1-5-18(14-9-12(2)8-13(3)10-14)11-15(19)17-7-6-16(20)21-4/h8-10H,5-7,11H2,1-4H3,(H,17,19). The van der Waals surface area contributed by atoms with Gasteiger partial charge in [0.25, 0.3) is 0 Å². The van der Waals surface area contributed by atoms with Crippen molar-refractivity contribution < 1.29 is 14.3 Å². The minimum absolute atomic E-state index is 0.0973. The van der Waals surface area contributed by atoms with Crippen LogP contribution in [0.25, 0.3) is 0 Å². The molecule has 116 valence electrons. The second-order valence-corrected chi connectivity index (χ2v) is 5.04. The number of methoxy groups -OCH3 is 1. The third kappa shape index (κ3) is 5.85. The molecule has 1 aromatic rings. The van der Waals surface area contributed by atoms with Crippen LogP contribution in [0.4, 0.5) is 5.69 Å². The highest BCUT2D eigenvalue weighted by atomic mass is 16.5. The van der Waals surface area contributed by atoms with E-state index in [1.807, 2.05) is 25.7 Å². The van der Waals surface area contributed by atoms with Crippen LogP contribution in [0.2, 0.25) is 0 Å². The number of anilines is 1. The number of hydrogen-bond donors (Lipinski definition) is 1. The molecule has 1 aromatic carbocycles. The third-order valence-electron chi connectivity index (χ3n) is 3.17. The highest BCUT2D eigenvalue weighted by molar-refractivity contribution is 5.82. The molecule has 0 saturated heterocycles. The van der Waals surface area contributed by atoms with Gasteiger partial charge in [0.15, 0.2) is 0 Å². The van der Waals surface area contributed by atoms with Crippen LogP contribution in [0.1, 0.15) is 24.5 Å². The van der Waals surface area contributed by atoms with Gasteiger partial charge in [0.05, 0.1) is 20.1 Å². The molecule has 0 atom stereocenters. The topological polar surface area (TPSA) is 58.6 Å². The van der Waals surface area contributed by atoms with Crippen LogP contribution in [-0.2, 0) is 14.3 Å². The number of rotatable bonds is 7. The van der Waals surface area contributed by atoms with Crippen LogP contribution in [0, 0.1) is 13.8 Å². The van der Waals surface area contributed by atoms with Gasteiger partial charge in [-0.3, -0.25) is 9.59 Å². The van der Waals surface area contributed by atoms with Gasteiger partial charge >= 0.3 is 5.97 Å². The van der Waals surface area contributed by atoms with Gasteiger partial charge < -0.3 is 15.0 Å². The molecule has 0 aromatic heterocycles. The zero-order valence-electron chi connectivity index (χ0n) is 13.2. The molecule has 0 aliphatic carbocycles. The van der Waals surface area contributed by atoms with Crippen molar-refractivity contribution in [3.05, 3.63) is 29.3 Å². The average Bonchev–Trinajstić information content (AvgIpc) is 2.43. The highest BCUT2D eigenvalue weighted by Crippen LogP contribution is 2.18. The summed E-state index contributed by atoms with van der Waals surface area (Å²) in [5.41, 5.74) is 3.39. The number of benzene rings is 1. The van der Waals surface area contributed by atoms with E-state index < -0.39 is 0 Å². The lowest BCUT2D eigenvalue weighted by molar-refractivity contribution is -0.140. The Kier molecular flexibility index (Phi) is 6.72. The van der Waals surface area contributed by atoms with E-state index >= 15 is 0 Å². The molecule has 0 spiro atoms. The van der Waals surface area contributed by atoms with Crippen molar-refractivity contribution in [2.24, 2.45) is 0 Å². The maximum absolute atomic E-state index is 11.9. The monoisotopic (exact) mass is 292 g/mol. The largest absolute Gasteiger partial charge is 0.469 e. The molecule has 5 heteroatoms. The minimum Gasteiger partial charge on any atom is -0.469 e. The molecule has 5 nitrogen and oxygen atoms in total. The van der Waals surface area contributed by atoms with E-state index in [0.717, 1.165) is 12.2 Å². The van der Waals surface area contributed by atoms with Gasteiger partial charge in [-0.1, -0.05) is 6.07 Å². The molecule has 0 radical (unpaired) electrons. The van der Waals surface area contributed by atoms with E-state index in [2.05, 4.69) is 28.3 Å². The smallest absolute Gasteiger partial charge is 0.307 e. The van der Waals surface area contributed by atoms with Gasteiger partial charge in [-0.25, -0.2) is 0 Å². The lowest BCUT2D eigenvalue weighted by Crippen LogP contribution is -2.38. The number of aryl methyl sites for hydroxylation is 2. The Morgan fingerprint density at radius 1 is 1.19 bits per heavy atom. The Bertz CT molecular complexity index is 480. The molecular formula is C16H24N2O3. The minimum atomic E-state index is -0.322. The zero-order valence-corrected chi connectivity index (χ0v) is 13.2. The van der Waals surface area contributed by atoms with E-state index in [1.54, 1.807) is 0 Å². The first-order valence-corrected chi connectivity index (χ1v) is 7.13. The molecule has 0 unspecified atom stereocenters. The van der Waals surface area contributed by atoms with Crippen molar-refractivity contribution >= 4 is 17.6 Å². The predicted molar refractivity (Wildman–Crippen MR) is 83.4 cm³/mol. The molecule has 0 heterocycles. The van der Waals surface area contributed by atoms with E-state index in [9.17, 15) is 9.59 Å². The summed E-state index contributed by atoms with van der Waals surface area (Å²) >= 11 is 0. The average molecular weight is 292 g/mol. The first-order valence-electron chi connectivity index (χ1n) is 7.13. The van der Waals surface area contributed by atoms with E-state index in [4.69, 9.17) is 0 Å². The van der Waals surface area contributed by atoms with Crippen molar-refractivity contribution in [3.8, 4) is 0 Å². The Hall–Kier alpha value is -2.04. The molecule has 1 N–H and O–H groups in total. The zero-order chi connectivity index (χ0) is 15.8. The number of likely N-dealkylation sites (N-methyl/N-ethyl adjacent to an activating group) is 1. The number of esters is 1. The fourth-order valence-corrected chi connectivity index (χ4v) is 2.15. The summed E-state index contributed by atoms with van der Waals surface area (Å²) in [6.45, 7) is 7.42. The van der Waals surface area contributed by atoms with Crippen LogP contribution in [0.5, 0.6) is 0 Å². The molecule has 21 heavy (non-hydrogen) atoms. The van der Waals surface area contributed by atoms with E-state index in [0.29, 0.717) is 6.54 Å². The second-order valence-electron chi connectivity index (χ2n) is 5.04. The lowest BCUT2D eigenvalue weighted by Gasteiger charge is -2.23. The first kappa shape index (κ1) is 17.0. The summed E-state index contributed by atoms with van der Waals surface area (Å²) in [6.07, 6.45) is 0.192. The van der Waals surface area contributed by atoms with Crippen molar-refractivity contribution in [2.75, 3.05) is 31.6 Å². The number of carbonyl (C=O) groups excluding carboxylic acids is 2. The van der Waals surface area contributed by atoms with Crippen LogP contribution >= 0.6 is 0 Å². The molecule has 0 saturated carbocycles. The number of ether oxygens (including phenoxy) is 1. The molecule has 1 rings (SSSR count). The van der Waals surface area contributed by atoms with Gasteiger partial charge in [-0.15, -0.1) is 0 Å². The van der Waals surface area contributed by atoms with Crippen molar-refractivity contribution in [1.29, 1.82) is 0 Å². The van der Waals surface area contributed by atoms with Gasteiger partial charge in [0.2, 0.25) is 5.91 Å². The van der Waals surface area contributed by atoms with E-state index in [-0.39, 0.29) is 24.8 Å². The summed E-state index contributed by atoms with van der Waals surface area (Å²) in [4.78, 5) is 24.9. The van der Waals surface area contributed by atoms with E-state index in [1.165, 1.54) is 18.2 Å². The van der Waals surface area contributed by atoms with Gasteiger partial charge in [0.1, 0.15) is 0 Å². The Morgan fingerprint density at radius 2 is 1.81 bits per heavy atom. The predicted octanol–water partition coefficient (Wildman–Crippen LogP) is 1.81. The summed E-state index contributed by atoms with van der Waals surface area (Å²) in [5, 5.41) is 2.73. The number of carbonyl (C=O) groups is 2. The molecule has 1 amide bonds. The van der Waals surface area contributed by atoms with Crippen LogP contribution < -0.4 is 10.2 Å². The van der Waals surface area contributed by atoms with Crippen LogP contribution in [0.3, 0.4) is 0 Å². The maximum atomic E-state index is 11.9. The van der Waals surface area contributed by atoms with Gasteiger partial charge in [0, 0.05) is 18.8 Å². The Labute approximate surface area is 126 Å².